The first kappa shape index (κ1) is 18.6. The van der Waals surface area contributed by atoms with E-state index in [9.17, 15) is 4.79 Å². The number of hydrogen-bond donors (Lipinski definition) is 1. The van der Waals surface area contributed by atoms with Crippen molar-refractivity contribution in [2.75, 3.05) is 26.2 Å². The van der Waals surface area contributed by atoms with Crippen molar-refractivity contribution < 1.29 is 9.32 Å². The summed E-state index contributed by atoms with van der Waals surface area (Å²) in [7, 11) is 0. The van der Waals surface area contributed by atoms with Crippen molar-refractivity contribution in [3.05, 3.63) is 27.6 Å². The van der Waals surface area contributed by atoms with Crippen molar-refractivity contribution in [2.24, 2.45) is 0 Å². The predicted octanol–water partition coefficient (Wildman–Crippen LogP) is 1.77. The van der Waals surface area contributed by atoms with Gasteiger partial charge in [-0.15, -0.1) is 0 Å². The molecule has 0 aliphatic rings. The number of likely N-dealkylation sites (N-methyl/N-ethyl adjacent to an activating group) is 1. The van der Waals surface area contributed by atoms with Crippen LogP contribution in [0.1, 0.15) is 41.7 Å². The monoisotopic (exact) mass is 398 g/mol. The van der Waals surface area contributed by atoms with E-state index in [1.54, 1.807) is 4.68 Å². The van der Waals surface area contributed by atoms with Gasteiger partial charge in [-0.2, -0.15) is 10.1 Å². The third kappa shape index (κ3) is 4.41. The maximum Gasteiger partial charge on any atom is 0.316 e. The van der Waals surface area contributed by atoms with E-state index in [-0.39, 0.29) is 11.8 Å². The highest BCUT2D eigenvalue weighted by Crippen LogP contribution is 2.20. The Kier molecular flexibility index (Phi) is 6.50. The zero-order chi connectivity index (χ0) is 17.7. The number of aryl methyl sites for hydroxylation is 1. The molecule has 2 rings (SSSR count). The number of amides is 1. The molecule has 8 nitrogen and oxygen atoms in total. The van der Waals surface area contributed by atoms with E-state index in [4.69, 9.17) is 4.52 Å². The van der Waals surface area contributed by atoms with Gasteiger partial charge in [0.1, 0.15) is 6.54 Å². The van der Waals surface area contributed by atoms with Crippen LogP contribution in [-0.4, -0.2) is 56.9 Å². The van der Waals surface area contributed by atoms with Crippen LogP contribution in [0.5, 0.6) is 0 Å². The second-order valence-corrected chi connectivity index (χ2v) is 6.23. The molecule has 0 unspecified atom stereocenters. The van der Waals surface area contributed by atoms with Gasteiger partial charge in [0.25, 0.3) is 0 Å². The zero-order valence-electron chi connectivity index (χ0n) is 14.5. The molecule has 24 heavy (non-hydrogen) atoms. The van der Waals surface area contributed by atoms with Crippen molar-refractivity contribution in [3.63, 3.8) is 0 Å². The molecule has 0 fully saturated rings. The molecule has 2 aromatic heterocycles. The van der Waals surface area contributed by atoms with Crippen LogP contribution in [-0.2, 0) is 6.54 Å². The van der Waals surface area contributed by atoms with Crippen molar-refractivity contribution in [1.82, 2.24) is 30.1 Å². The fourth-order valence-electron chi connectivity index (χ4n) is 2.32. The van der Waals surface area contributed by atoms with Crippen LogP contribution in [0.15, 0.2) is 9.00 Å². The number of halogens is 1. The molecule has 0 saturated heterocycles. The van der Waals surface area contributed by atoms with Crippen molar-refractivity contribution in [3.8, 4) is 0 Å². The van der Waals surface area contributed by atoms with E-state index in [0.717, 1.165) is 35.5 Å². The average Bonchev–Trinajstić information content (AvgIpc) is 3.13. The standard InChI is InChI=1S/C15H23BrN6O2/c1-5-21(6-2)8-7-17-14(23)15-18-12(20-24-15)9-22-11(4)13(16)10(3)19-22/h5-9H2,1-4H3,(H,17,23). The molecule has 1 amide bonds. The van der Waals surface area contributed by atoms with Gasteiger partial charge in [0, 0.05) is 13.1 Å². The minimum absolute atomic E-state index is 0.0230. The zero-order valence-corrected chi connectivity index (χ0v) is 16.1. The summed E-state index contributed by atoms with van der Waals surface area (Å²) in [5.74, 6) is 0.0441. The summed E-state index contributed by atoms with van der Waals surface area (Å²) in [5.41, 5.74) is 1.87. The first-order valence-corrected chi connectivity index (χ1v) is 8.78. The van der Waals surface area contributed by atoms with Crippen LogP contribution in [0.2, 0.25) is 0 Å². The topological polar surface area (TPSA) is 89.1 Å². The minimum atomic E-state index is -0.351. The molecule has 1 N–H and O–H groups in total. The van der Waals surface area contributed by atoms with Crippen LogP contribution in [0.4, 0.5) is 0 Å². The normalized spacial score (nSPS) is 11.2. The van der Waals surface area contributed by atoms with Gasteiger partial charge in [-0.3, -0.25) is 9.48 Å². The van der Waals surface area contributed by atoms with Gasteiger partial charge in [-0.05, 0) is 42.9 Å². The number of hydrogen-bond acceptors (Lipinski definition) is 6. The van der Waals surface area contributed by atoms with Gasteiger partial charge in [-0.1, -0.05) is 19.0 Å². The number of carbonyl (C=O) groups excluding carboxylic acids is 1. The van der Waals surface area contributed by atoms with Crippen LogP contribution >= 0.6 is 15.9 Å². The highest BCUT2D eigenvalue weighted by molar-refractivity contribution is 9.10. The van der Waals surface area contributed by atoms with Crippen LogP contribution in [0.3, 0.4) is 0 Å². The average molecular weight is 399 g/mol. The van der Waals surface area contributed by atoms with Crippen LogP contribution in [0, 0.1) is 13.8 Å². The maximum atomic E-state index is 12.0. The predicted molar refractivity (Wildman–Crippen MR) is 92.9 cm³/mol. The Bertz CT molecular complexity index is 692. The third-order valence-corrected chi connectivity index (χ3v) is 5.00. The molecular formula is C15H23BrN6O2. The van der Waals surface area contributed by atoms with Gasteiger partial charge in [0.15, 0.2) is 5.82 Å². The number of rotatable bonds is 8. The van der Waals surface area contributed by atoms with Crippen LogP contribution in [0.25, 0.3) is 0 Å². The smallest absolute Gasteiger partial charge is 0.316 e. The largest absolute Gasteiger partial charge is 0.347 e. The summed E-state index contributed by atoms with van der Waals surface area (Å²) in [6, 6.07) is 0. The molecular weight excluding hydrogens is 376 g/mol. The van der Waals surface area contributed by atoms with Crippen molar-refractivity contribution in [1.29, 1.82) is 0 Å². The molecule has 0 atom stereocenters. The SMILES string of the molecule is CCN(CC)CCNC(=O)c1nc(Cn2nc(C)c(Br)c2C)no1. The Labute approximate surface area is 149 Å². The number of aromatic nitrogens is 4. The minimum Gasteiger partial charge on any atom is -0.347 e. The quantitative estimate of drug-likeness (QED) is 0.728. The van der Waals surface area contributed by atoms with Crippen molar-refractivity contribution in [2.45, 2.75) is 34.2 Å². The lowest BCUT2D eigenvalue weighted by molar-refractivity contribution is 0.0905. The summed E-state index contributed by atoms with van der Waals surface area (Å²) in [6.45, 7) is 11.6. The lowest BCUT2D eigenvalue weighted by atomic mass is 10.4. The van der Waals surface area contributed by atoms with Gasteiger partial charge < -0.3 is 14.7 Å². The molecule has 132 valence electrons. The number of nitrogens with one attached hydrogen (secondary N) is 1. The summed E-state index contributed by atoms with van der Waals surface area (Å²) >= 11 is 3.48. The molecule has 2 aromatic rings. The molecule has 0 radical (unpaired) electrons. The summed E-state index contributed by atoms with van der Waals surface area (Å²) < 4.78 is 7.78. The van der Waals surface area contributed by atoms with Gasteiger partial charge in [-0.25, -0.2) is 0 Å². The summed E-state index contributed by atoms with van der Waals surface area (Å²) in [6.07, 6.45) is 0. The Balaban J connectivity index is 1.92. The molecule has 0 saturated carbocycles. The second kappa shape index (κ2) is 8.39. The Morgan fingerprint density at radius 3 is 2.62 bits per heavy atom. The Morgan fingerprint density at radius 1 is 1.33 bits per heavy atom. The third-order valence-electron chi connectivity index (χ3n) is 3.85. The van der Waals surface area contributed by atoms with Gasteiger partial charge >= 0.3 is 11.8 Å². The van der Waals surface area contributed by atoms with Gasteiger partial charge in [0.05, 0.1) is 15.9 Å². The lowest BCUT2D eigenvalue weighted by Crippen LogP contribution is -2.34. The Hall–Kier alpha value is -1.74. The number of nitrogens with zero attached hydrogens (tertiary/aromatic N) is 5. The van der Waals surface area contributed by atoms with Crippen molar-refractivity contribution >= 4 is 21.8 Å². The lowest BCUT2D eigenvalue weighted by Gasteiger charge is -2.17. The summed E-state index contributed by atoms with van der Waals surface area (Å²) in [5, 5.41) is 11.0. The molecule has 0 aliphatic heterocycles. The van der Waals surface area contributed by atoms with E-state index < -0.39 is 0 Å². The molecule has 9 heteroatoms. The maximum absolute atomic E-state index is 12.0. The number of carbonyl (C=O) groups is 1. The second-order valence-electron chi connectivity index (χ2n) is 5.44. The first-order chi connectivity index (χ1) is 11.5. The Morgan fingerprint density at radius 2 is 2.04 bits per heavy atom. The van der Waals surface area contributed by atoms with E-state index in [0.29, 0.717) is 18.9 Å². The highest BCUT2D eigenvalue weighted by Gasteiger charge is 2.17. The summed E-state index contributed by atoms with van der Waals surface area (Å²) in [4.78, 5) is 18.4. The molecule has 2 heterocycles. The fourth-order valence-corrected chi connectivity index (χ4v) is 2.60. The molecule has 0 bridgehead atoms. The van der Waals surface area contributed by atoms with Gasteiger partial charge in [0.2, 0.25) is 0 Å². The van der Waals surface area contributed by atoms with E-state index in [1.807, 2.05) is 13.8 Å². The first-order valence-electron chi connectivity index (χ1n) is 7.98. The van der Waals surface area contributed by atoms with E-state index >= 15 is 0 Å². The van der Waals surface area contributed by atoms with Crippen LogP contribution < -0.4 is 5.32 Å². The van der Waals surface area contributed by atoms with E-state index in [1.165, 1.54) is 0 Å². The fraction of sp³-hybridized carbons (Fsp3) is 0.600. The highest BCUT2D eigenvalue weighted by atomic mass is 79.9. The molecule has 0 spiro atoms. The van der Waals surface area contributed by atoms with E-state index in [2.05, 4.69) is 55.2 Å². The molecule has 0 aliphatic carbocycles. The molecule has 0 aromatic carbocycles.